The molecule has 0 fully saturated rings. The number of carbonyl (C=O) groups excluding carboxylic acids is 1. The topological polar surface area (TPSA) is 98.3 Å². The normalized spacial score (nSPS) is 11.9. The van der Waals surface area contributed by atoms with E-state index in [2.05, 4.69) is 5.32 Å². The number of nitro benzene ring substituents is 1. The summed E-state index contributed by atoms with van der Waals surface area (Å²) in [5, 5.41) is 13.7. The fourth-order valence-electron chi connectivity index (χ4n) is 1.85. The van der Waals surface area contributed by atoms with Crippen LogP contribution in [-0.4, -0.2) is 10.8 Å². The molecule has 1 heterocycles. The van der Waals surface area contributed by atoms with Crippen LogP contribution in [0.15, 0.2) is 30.3 Å². The number of para-hydroxylation sites is 1. The predicted octanol–water partition coefficient (Wildman–Crippen LogP) is 3.38. The van der Waals surface area contributed by atoms with Gasteiger partial charge in [0, 0.05) is 4.88 Å². The molecule has 1 aromatic carbocycles. The Kier molecular flexibility index (Phi) is 4.44. The van der Waals surface area contributed by atoms with Crippen LogP contribution in [0.1, 0.15) is 28.2 Å². The lowest BCUT2D eigenvalue weighted by molar-refractivity contribution is -0.384. The van der Waals surface area contributed by atoms with Crippen LogP contribution in [0.2, 0.25) is 4.34 Å². The third-order valence-corrected chi connectivity index (χ3v) is 4.28. The molecule has 0 saturated heterocycles. The van der Waals surface area contributed by atoms with E-state index < -0.39 is 10.8 Å². The highest BCUT2D eigenvalue weighted by molar-refractivity contribution is 7.16. The van der Waals surface area contributed by atoms with Gasteiger partial charge in [-0.15, -0.1) is 11.3 Å². The molecule has 0 spiro atoms. The maximum absolute atomic E-state index is 12.2. The van der Waals surface area contributed by atoms with E-state index in [0.717, 1.165) is 4.88 Å². The fourth-order valence-corrected chi connectivity index (χ4v) is 2.92. The van der Waals surface area contributed by atoms with Gasteiger partial charge in [0.15, 0.2) is 0 Å². The van der Waals surface area contributed by atoms with Crippen molar-refractivity contribution >= 4 is 40.2 Å². The summed E-state index contributed by atoms with van der Waals surface area (Å²) in [7, 11) is 0. The Bertz CT molecular complexity index is 702. The van der Waals surface area contributed by atoms with Gasteiger partial charge in [-0.25, -0.2) is 0 Å². The molecule has 0 saturated carbocycles. The Labute approximate surface area is 129 Å². The van der Waals surface area contributed by atoms with Crippen molar-refractivity contribution in [2.45, 2.75) is 13.0 Å². The van der Waals surface area contributed by atoms with Crippen LogP contribution in [-0.2, 0) is 0 Å². The lowest BCUT2D eigenvalue weighted by Crippen LogP contribution is -2.27. The molecule has 8 heteroatoms. The number of rotatable bonds is 4. The number of hydrogen-bond donors (Lipinski definition) is 2. The van der Waals surface area contributed by atoms with Crippen LogP contribution in [0, 0.1) is 10.1 Å². The number of nitrogens with one attached hydrogen (secondary N) is 1. The molecule has 110 valence electrons. The number of thiophene rings is 1. The van der Waals surface area contributed by atoms with Crippen LogP contribution in [0.4, 0.5) is 11.4 Å². The molecular weight excluding hydrogens is 314 g/mol. The number of halogens is 1. The molecular formula is C13H12ClN3O3S. The van der Waals surface area contributed by atoms with Crippen LogP contribution in [0.25, 0.3) is 0 Å². The molecule has 21 heavy (non-hydrogen) atoms. The standard InChI is InChI=1S/C13H12ClN3O3S/c1-7(10-5-6-11(14)21-10)16-13(18)8-3-2-4-9(15)12(8)17(19)20/h2-7H,15H2,1H3,(H,16,18). The molecule has 1 atom stereocenters. The second-order valence-corrected chi connectivity index (χ2v) is 6.08. The highest BCUT2D eigenvalue weighted by Crippen LogP contribution is 2.29. The summed E-state index contributed by atoms with van der Waals surface area (Å²) in [4.78, 5) is 23.5. The number of nitro groups is 1. The number of nitrogens with zero attached hydrogens (tertiary/aromatic N) is 1. The van der Waals surface area contributed by atoms with Gasteiger partial charge in [0.05, 0.1) is 15.3 Å². The number of amides is 1. The monoisotopic (exact) mass is 325 g/mol. The van der Waals surface area contributed by atoms with Gasteiger partial charge in [-0.05, 0) is 31.2 Å². The van der Waals surface area contributed by atoms with Crippen molar-refractivity contribution < 1.29 is 9.72 Å². The molecule has 2 rings (SSSR count). The molecule has 0 aliphatic carbocycles. The van der Waals surface area contributed by atoms with E-state index in [-0.39, 0.29) is 23.0 Å². The average Bonchev–Trinajstić information content (AvgIpc) is 2.84. The van der Waals surface area contributed by atoms with Gasteiger partial charge in [0.2, 0.25) is 0 Å². The Balaban J connectivity index is 2.25. The van der Waals surface area contributed by atoms with E-state index in [4.69, 9.17) is 17.3 Å². The van der Waals surface area contributed by atoms with Gasteiger partial charge in [-0.2, -0.15) is 0 Å². The van der Waals surface area contributed by atoms with Crippen molar-refractivity contribution in [1.29, 1.82) is 0 Å². The van der Waals surface area contributed by atoms with Crippen LogP contribution in [0.3, 0.4) is 0 Å². The smallest absolute Gasteiger partial charge is 0.304 e. The van der Waals surface area contributed by atoms with Gasteiger partial charge in [0.25, 0.3) is 5.91 Å². The van der Waals surface area contributed by atoms with Crippen molar-refractivity contribution in [2.75, 3.05) is 5.73 Å². The summed E-state index contributed by atoms with van der Waals surface area (Å²) in [6.07, 6.45) is 0. The number of hydrogen-bond acceptors (Lipinski definition) is 5. The highest BCUT2D eigenvalue weighted by atomic mass is 35.5. The molecule has 3 N–H and O–H groups in total. The van der Waals surface area contributed by atoms with E-state index in [0.29, 0.717) is 4.34 Å². The maximum atomic E-state index is 12.2. The van der Waals surface area contributed by atoms with Crippen LogP contribution >= 0.6 is 22.9 Å². The van der Waals surface area contributed by atoms with Crippen LogP contribution < -0.4 is 11.1 Å². The van der Waals surface area contributed by atoms with E-state index in [1.807, 2.05) is 0 Å². The lowest BCUT2D eigenvalue weighted by atomic mass is 10.1. The Morgan fingerprint density at radius 3 is 2.71 bits per heavy atom. The van der Waals surface area contributed by atoms with Gasteiger partial charge >= 0.3 is 5.69 Å². The molecule has 1 unspecified atom stereocenters. The van der Waals surface area contributed by atoms with Gasteiger partial charge < -0.3 is 11.1 Å². The van der Waals surface area contributed by atoms with E-state index in [1.54, 1.807) is 19.1 Å². The third kappa shape index (κ3) is 3.32. The number of anilines is 1. The first kappa shape index (κ1) is 15.3. The van der Waals surface area contributed by atoms with E-state index in [1.165, 1.54) is 29.5 Å². The van der Waals surface area contributed by atoms with Crippen molar-refractivity contribution in [3.8, 4) is 0 Å². The quantitative estimate of drug-likeness (QED) is 0.511. The van der Waals surface area contributed by atoms with Crippen molar-refractivity contribution in [1.82, 2.24) is 5.32 Å². The summed E-state index contributed by atoms with van der Waals surface area (Å²) in [6.45, 7) is 1.78. The molecule has 1 amide bonds. The first-order valence-corrected chi connectivity index (χ1v) is 7.18. The summed E-state index contributed by atoms with van der Waals surface area (Å²) in [5.74, 6) is -0.550. The summed E-state index contributed by atoms with van der Waals surface area (Å²) in [6, 6.07) is 7.48. The maximum Gasteiger partial charge on any atom is 0.304 e. The molecule has 0 radical (unpaired) electrons. The minimum atomic E-state index is -0.656. The van der Waals surface area contributed by atoms with E-state index in [9.17, 15) is 14.9 Å². The van der Waals surface area contributed by atoms with Crippen molar-refractivity contribution in [3.05, 3.63) is 55.2 Å². The van der Waals surface area contributed by atoms with E-state index >= 15 is 0 Å². The van der Waals surface area contributed by atoms with Crippen molar-refractivity contribution in [2.24, 2.45) is 0 Å². The highest BCUT2D eigenvalue weighted by Gasteiger charge is 2.24. The second-order valence-electron chi connectivity index (χ2n) is 4.34. The Hall–Kier alpha value is -2.12. The van der Waals surface area contributed by atoms with Crippen molar-refractivity contribution in [3.63, 3.8) is 0 Å². The molecule has 0 aliphatic rings. The first-order chi connectivity index (χ1) is 9.90. The third-order valence-electron chi connectivity index (χ3n) is 2.86. The van der Waals surface area contributed by atoms with Gasteiger partial charge in [-0.3, -0.25) is 14.9 Å². The summed E-state index contributed by atoms with van der Waals surface area (Å²) in [5.41, 5.74) is 5.08. The van der Waals surface area contributed by atoms with Crippen LogP contribution in [0.5, 0.6) is 0 Å². The number of nitrogen functional groups attached to an aromatic ring is 1. The predicted molar refractivity (Wildman–Crippen MR) is 82.7 cm³/mol. The van der Waals surface area contributed by atoms with Gasteiger partial charge in [-0.1, -0.05) is 17.7 Å². The average molecular weight is 326 g/mol. The lowest BCUT2D eigenvalue weighted by Gasteiger charge is -2.12. The number of benzene rings is 1. The Morgan fingerprint density at radius 1 is 1.43 bits per heavy atom. The first-order valence-electron chi connectivity index (χ1n) is 5.99. The molecule has 0 aliphatic heterocycles. The molecule has 1 aromatic heterocycles. The molecule has 0 bridgehead atoms. The second kappa shape index (κ2) is 6.11. The fraction of sp³-hybridized carbons (Fsp3) is 0.154. The zero-order valence-electron chi connectivity index (χ0n) is 11.0. The SMILES string of the molecule is CC(NC(=O)c1cccc(N)c1[N+](=O)[O-])c1ccc(Cl)s1. The summed E-state index contributed by atoms with van der Waals surface area (Å²) < 4.78 is 0.612. The minimum absolute atomic E-state index is 0.0422. The number of nitrogens with two attached hydrogens (primary N) is 1. The van der Waals surface area contributed by atoms with Gasteiger partial charge in [0.1, 0.15) is 11.3 Å². The number of carbonyl (C=O) groups is 1. The molecule has 6 nitrogen and oxygen atoms in total. The largest absolute Gasteiger partial charge is 0.393 e. The minimum Gasteiger partial charge on any atom is -0.393 e. The zero-order valence-corrected chi connectivity index (χ0v) is 12.6. The zero-order chi connectivity index (χ0) is 15.6. The molecule has 2 aromatic rings. The Morgan fingerprint density at radius 2 is 2.14 bits per heavy atom. The summed E-state index contributed by atoms with van der Waals surface area (Å²) >= 11 is 7.18.